The van der Waals surface area contributed by atoms with Gasteiger partial charge in [0.1, 0.15) is 0 Å². The van der Waals surface area contributed by atoms with Crippen molar-refractivity contribution in [2.75, 3.05) is 24.2 Å². The minimum Gasteiger partial charge on any atom is -0.459 e. The third-order valence-corrected chi connectivity index (χ3v) is 4.53. The molecular formula is C23H23N3O4. The first-order chi connectivity index (χ1) is 14.5. The van der Waals surface area contributed by atoms with E-state index in [9.17, 15) is 14.4 Å². The standard InChI is InChI=1S/C23H23N3O4/c1-3-16-7-4-5-8-19(16)25-21(27)15-26(2)23(29)17-10-12-18(13-11-17)24-22(28)20-9-6-14-30-20/h4-14H,3,15H2,1-2H3,(H,24,28)(H,25,27). The number of hydrogen-bond donors (Lipinski definition) is 2. The van der Waals surface area contributed by atoms with Gasteiger partial charge in [0.2, 0.25) is 5.91 Å². The van der Waals surface area contributed by atoms with Gasteiger partial charge in [-0.25, -0.2) is 0 Å². The number of carbonyl (C=O) groups is 3. The van der Waals surface area contributed by atoms with Gasteiger partial charge in [-0.3, -0.25) is 14.4 Å². The summed E-state index contributed by atoms with van der Waals surface area (Å²) >= 11 is 0. The summed E-state index contributed by atoms with van der Waals surface area (Å²) in [6, 6.07) is 17.2. The quantitative estimate of drug-likeness (QED) is 0.625. The molecule has 0 bridgehead atoms. The topological polar surface area (TPSA) is 91.7 Å². The Bertz CT molecular complexity index is 1030. The fourth-order valence-corrected chi connectivity index (χ4v) is 2.94. The number of amides is 3. The lowest BCUT2D eigenvalue weighted by Crippen LogP contribution is -2.35. The molecule has 0 saturated carbocycles. The molecule has 0 aliphatic rings. The number of rotatable bonds is 7. The fraction of sp³-hybridized carbons (Fsp3) is 0.174. The Hall–Kier alpha value is -3.87. The Morgan fingerprint density at radius 2 is 1.67 bits per heavy atom. The van der Waals surface area contributed by atoms with E-state index in [1.54, 1.807) is 43.4 Å². The van der Waals surface area contributed by atoms with Crippen molar-refractivity contribution in [2.45, 2.75) is 13.3 Å². The highest BCUT2D eigenvalue weighted by molar-refractivity contribution is 6.03. The Balaban J connectivity index is 1.57. The first-order valence-electron chi connectivity index (χ1n) is 9.56. The summed E-state index contributed by atoms with van der Waals surface area (Å²) in [7, 11) is 1.57. The molecule has 2 aromatic carbocycles. The molecule has 0 radical (unpaired) electrons. The number of aryl methyl sites for hydroxylation is 1. The highest BCUT2D eigenvalue weighted by atomic mass is 16.3. The van der Waals surface area contributed by atoms with Crippen molar-refractivity contribution >= 4 is 29.1 Å². The van der Waals surface area contributed by atoms with E-state index >= 15 is 0 Å². The molecule has 0 aliphatic heterocycles. The number of hydrogen-bond acceptors (Lipinski definition) is 4. The van der Waals surface area contributed by atoms with E-state index in [0.29, 0.717) is 11.3 Å². The molecule has 2 N–H and O–H groups in total. The summed E-state index contributed by atoms with van der Waals surface area (Å²) in [4.78, 5) is 38.3. The zero-order valence-electron chi connectivity index (χ0n) is 16.8. The van der Waals surface area contributed by atoms with Crippen molar-refractivity contribution in [3.8, 4) is 0 Å². The summed E-state index contributed by atoms with van der Waals surface area (Å²) < 4.78 is 5.04. The highest BCUT2D eigenvalue weighted by Gasteiger charge is 2.16. The van der Waals surface area contributed by atoms with Crippen LogP contribution in [0.1, 0.15) is 33.4 Å². The molecule has 0 aliphatic carbocycles. The van der Waals surface area contributed by atoms with E-state index in [-0.39, 0.29) is 30.0 Å². The van der Waals surface area contributed by atoms with Gasteiger partial charge in [-0.1, -0.05) is 25.1 Å². The number of para-hydroxylation sites is 1. The van der Waals surface area contributed by atoms with Crippen LogP contribution >= 0.6 is 0 Å². The predicted octanol–water partition coefficient (Wildman–Crippen LogP) is 3.81. The molecule has 0 spiro atoms. The zero-order chi connectivity index (χ0) is 21.5. The van der Waals surface area contributed by atoms with Crippen LogP contribution in [0.25, 0.3) is 0 Å². The maximum atomic E-state index is 12.6. The van der Waals surface area contributed by atoms with Gasteiger partial charge in [0.25, 0.3) is 11.8 Å². The van der Waals surface area contributed by atoms with Crippen LogP contribution in [0.3, 0.4) is 0 Å². The SMILES string of the molecule is CCc1ccccc1NC(=O)CN(C)C(=O)c1ccc(NC(=O)c2ccco2)cc1. The molecule has 0 unspecified atom stereocenters. The van der Waals surface area contributed by atoms with Crippen molar-refractivity contribution in [3.63, 3.8) is 0 Å². The Kier molecular flexibility index (Phi) is 6.64. The van der Waals surface area contributed by atoms with E-state index in [1.165, 1.54) is 11.2 Å². The number of carbonyl (C=O) groups excluding carboxylic acids is 3. The van der Waals surface area contributed by atoms with Crippen LogP contribution in [-0.2, 0) is 11.2 Å². The van der Waals surface area contributed by atoms with E-state index in [1.807, 2.05) is 31.2 Å². The smallest absolute Gasteiger partial charge is 0.291 e. The molecule has 30 heavy (non-hydrogen) atoms. The van der Waals surface area contributed by atoms with Crippen molar-refractivity contribution in [1.29, 1.82) is 0 Å². The summed E-state index contributed by atoms with van der Waals surface area (Å²) in [6.07, 6.45) is 2.22. The number of furan rings is 1. The Morgan fingerprint density at radius 3 is 2.33 bits per heavy atom. The van der Waals surface area contributed by atoms with Crippen molar-refractivity contribution in [1.82, 2.24) is 4.90 Å². The highest BCUT2D eigenvalue weighted by Crippen LogP contribution is 2.16. The van der Waals surface area contributed by atoms with Gasteiger partial charge in [-0.2, -0.15) is 0 Å². The van der Waals surface area contributed by atoms with Gasteiger partial charge in [-0.15, -0.1) is 0 Å². The third-order valence-electron chi connectivity index (χ3n) is 4.53. The second-order valence-corrected chi connectivity index (χ2v) is 6.73. The van der Waals surface area contributed by atoms with Gasteiger partial charge < -0.3 is 20.0 Å². The largest absolute Gasteiger partial charge is 0.459 e. The molecule has 1 heterocycles. The lowest BCUT2D eigenvalue weighted by Gasteiger charge is -2.18. The lowest BCUT2D eigenvalue weighted by molar-refractivity contribution is -0.116. The minimum absolute atomic E-state index is 0.0755. The lowest BCUT2D eigenvalue weighted by atomic mass is 10.1. The van der Waals surface area contributed by atoms with Crippen molar-refractivity contribution in [3.05, 3.63) is 83.8 Å². The molecular weight excluding hydrogens is 382 g/mol. The van der Waals surface area contributed by atoms with Gasteiger partial charge in [0.05, 0.1) is 12.8 Å². The number of nitrogens with one attached hydrogen (secondary N) is 2. The molecule has 0 atom stereocenters. The van der Waals surface area contributed by atoms with Crippen molar-refractivity contribution < 1.29 is 18.8 Å². The summed E-state index contributed by atoms with van der Waals surface area (Å²) in [5, 5.41) is 5.54. The molecule has 7 nitrogen and oxygen atoms in total. The predicted molar refractivity (Wildman–Crippen MR) is 115 cm³/mol. The average molecular weight is 405 g/mol. The molecule has 3 rings (SSSR count). The number of nitrogens with zero attached hydrogens (tertiary/aromatic N) is 1. The first kappa shape index (κ1) is 20.9. The van der Waals surface area contributed by atoms with Gasteiger partial charge in [-0.05, 0) is 54.4 Å². The maximum absolute atomic E-state index is 12.6. The number of benzene rings is 2. The number of likely N-dealkylation sites (N-methyl/N-ethyl adjacent to an activating group) is 1. The van der Waals surface area contributed by atoms with Crippen LogP contribution in [0.2, 0.25) is 0 Å². The maximum Gasteiger partial charge on any atom is 0.291 e. The van der Waals surface area contributed by atoms with Crippen LogP contribution in [0.15, 0.2) is 71.3 Å². The summed E-state index contributed by atoms with van der Waals surface area (Å²) in [5.41, 5.74) is 2.73. The molecule has 3 amide bonds. The van der Waals surface area contributed by atoms with E-state index in [0.717, 1.165) is 17.7 Å². The first-order valence-corrected chi connectivity index (χ1v) is 9.56. The number of anilines is 2. The minimum atomic E-state index is -0.375. The molecule has 154 valence electrons. The zero-order valence-corrected chi connectivity index (χ0v) is 16.8. The van der Waals surface area contributed by atoms with Gasteiger partial charge >= 0.3 is 0 Å². The molecule has 1 aromatic heterocycles. The molecule has 0 saturated heterocycles. The molecule has 3 aromatic rings. The van der Waals surface area contributed by atoms with Crippen LogP contribution in [-0.4, -0.2) is 36.2 Å². The summed E-state index contributed by atoms with van der Waals surface area (Å²) in [6.45, 7) is 1.94. The second kappa shape index (κ2) is 9.56. The molecule has 7 heteroatoms. The Labute approximate surface area is 174 Å². The Morgan fingerprint density at radius 1 is 0.933 bits per heavy atom. The molecule has 0 fully saturated rings. The van der Waals surface area contributed by atoms with Crippen molar-refractivity contribution in [2.24, 2.45) is 0 Å². The third kappa shape index (κ3) is 5.14. The monoisotopic (exact) mass is 405 g/mol. The van der Waals surface area contributed by atoms with E-state index in [4.69, 9.17) is 4.42 Å². The van der Waals surface area contributed by atoms with Crippen LogP contribution in [0, 0.1) is 0 Å². The van der Waals surface area contributed by atoms with E-state index < -0.39 is 0 Å². The fourth-order valence-electron chi connectivity index (χ4n) is 2.94. The van der Waals surface area contributed by atoms with Gasteiger partial charge in [0, 0.05) is 24.0 Å². The van der Waals surface area contributed by atoms with Gasteiger partial charge in [0.15, 0.2) is 5.76 Å². The van der Waals surface area contributed by atoms with Crippen LogP contribution in [0.5, 0.6) is 0 Å². The van der Waals surface area contributed by atoms with E-state index in [2.05, 4.69) is 10.6 Å². The second-order valence-electron chi connectivity index (χ2n) is 6.73. The normalized spacial score (nSPS) is 10.3. The summed E-state index contributed by atoms with van der Waals surface area (Å²) in [5.74, 6) is -0.738. The average Bonchev–Trinajstić information content (AvgIpc) is 3.29. The van der Waals surface area contributed by atoms with Crippen LogP contribution < -0.4 is 10.6 Å². The van der Waals surface area contributed by atoms with Crippen LogP contribution in [0.4, 0.5) is 11.4 Å².